The minimum Gasteiger partial charge on any atom is -0.380 e. The van der Waals surface area contributed by atoms with Crippen LogP contribution in [0.15, 0.2) is 0 Å². The summed E-state index contributed by atoms with van der Waals surface area (Å²) in [5.41, 5.74) is 0.758. The van der Waals surface area contributed by atoms with Crippen LogP contribution in [0.4, 0.5) is 0 Å². The van der Waals surface area contributed by atoms with Gasteiger partial charge in [0.2, 0.25) is 0 Å². The SMILES string of the molecule is CC(C)(C)C1(C2CCCCN2)COC1. The first-order valence-corrected chi connectivity index (χ1v) is 5.87. The van der Waals surface area contributed by atoms with Crippen molar-refractivity contribution in [1.82, 2.24) is 5.32 Å². The highest BCUT2D eigenvalue weighted by atomic mass is 16.5. The zero-order valence-electron chi connectivity index (χ0n) is 9.73. The number of nitrogens with one attached hydrogen (secondary N) is 1. The molecule has 2 fully saturated rings. The summed E-state index contributed by atoms with van der Waals surface area (Å²) in [5, 5.41) is 3.69. The van der Waals surface area contributed by atoms with E-state index >= 15 is 0 Å². The van der Waals surface area contributed by atoms with E-state index in [4.69, 9.17) is 4.74 Å². The quantitative estimate of drug-likeness (QED) is 0.696. The largest absolute Gasteiger partial charge is 0.380 e. The maximum Gasteiger partial charge on any atom is 0.0564 e. The highest BCUT2D eigenvalue weighted by molar-refractivity contribution is 5.04. The summed E-state index contributed by atoms with van der Waals surface area (Å²) < 4.78 is 5.48. The molecule has 2 saturated heterocycles. The summed E-state index contributed by atoms with van der Waals surface area (Å²) in [6, 6.07) is 0.685. The lowest BCUT2D eigenvalue weighted by Crippen LogP contribution is -2.64. The summed E-state index contributed by atoms with van der Waals surface area (Å²) in [6.07, 6.45) is 4.06. The monoisotopic (exact) mass is 197 g/mol. The second-order valence-electron chi connectivity index (χ2n) is 5.90. The molecular weight excluding hydrogens is 174 g/mol. The van der Waals surface area contributed by atoms with Gasteiger partial charge in [0.05, 0.1) is 13.2 Å². The van der Waals surface area contributed by atoms with Gasteiger partial charge in [-0.1, -0.05) is 27.2 Å². The third kappa shape index (κ3) is 1.49. The van der Waals surface area contributed by atoms with Gasteiger partial charge >= 0.3 is 0 Å². The van der Waals surface area contributed by atoms with E-state index in [1.807, 2.05) is 0 Å². The van der Waals surface area contributed by atoms with E-state index < -0.39 is 0 Å². The van der Waals surface area contributed by atoms with Crippen molar-refractivity contribution in [3.05, 3.63) is 0 Å². The highest BCUT2D eigenvalue weighted by Crippen LogP contribution is 2.49. The number of hydrogen-bond donors (Lipinski definition) is 1. The fourth-order valence-corrected chi connectivity index (χ4v) is 2.80. The molecule has 0 aromatic carbocycles. The molecular formula is C12H23NO. The second kappa shape index (κ2) is 3.49. The van der Waals surface area contributed by atoms with Crippen LogP contribution in [0, 0.1) is 10.8 Å². The van der Waals surface area contributed by atoms with E-state index in [-0.39, 0.29) is 0 Å². The van der Waals surface area contributed by atoms with Gasteiger partial charge in [0, 0.05) is 11.5 Å². The minimum atomic E-state index is 0.361. The number of hydrogen-bond acceptors (Lipinski definition) is 2. The van der Waals surface area contributed by atoms with E-state index in [0.29, 0.717) is 16.9 Å². The maximum atomic E-state index is 5.48. The molecule has 1 N–H and O–H groups in total. The lowest BCUT2D eigenvalue weighted by atomic mass is 9.59. The van der Waals surface area contributed by atoms with Gasteiger partial charge in [0.1, 0.15) is 0 Å². The molecule has 2 heterocycles. The van der Waals surface area contributed by atoms with Crippen LogP contribution in [0.5, 0.6) is 0 Å². The van der Waals surface area contributed by atoms with Crippen molar-refractivity contribution in [3.8, 4) is 0 Å². The van der Waals surface area contributed by atoms with Crippen molar-refractivity contribution in [3.63, 3.8) is 0 Å². The summed E-state index contributed by atoms with van der Waals surface area (Å²) in [5.74, 6) is 0. The van der Waals surface area contributed by atoms with Crippen LogP contribution in [-0.4, -0.2) is 25.8 Å². The average molecular weight is 197 g/mol. The average Bonchev–Trinajstić information content (AvgIpc) is 2.01. The van der Waals surface area contributed by atoms with E-state index in [2.05, 4.69) is 26.1 Å². The zero-order chi connectivity index (χ0) is 10.2. The lowest BCUT2D eigenvalue weighted by Gasteiger charge is -2.56. The molecule has 0 saturated carbocycles. The predicted molar refractivity (Wildman–Crippen MR) is 58.3 cm³/mol. The van der Waals surface area contributed by atoms with Crippen LogP contribution >= 0.6 is 0 Å². The summed E-state index contributed by atoms with van der Waals surface area (Å²) in [6.45, 7) is 10.2. The molecule has 2 aliphatic rings. The molecule has 2 rings (SSSR count). The van der Waals surface area contributed by atoms with Gasteiger partial charge < -0.3 is 10.1 Å². The van der Waals surface area contributed by atoms with Gasteiger partial charge in [0.15, 0.2) is 0 Å². The van der Waals surface area contributed by atoms with Crippen molar-refractivity contribution in [2.45, 2.75) is 46.1 Å². The van der Waals surface area contributed by atoms with Crippen LogP contribution in [0.2, 0.25) is 0 Å². The Balaban J connectivity index is 2.11. The third-order valence-corrected chi connectivity index (χ3v) is 4.19. The Labute approximate surface area is 87.4 Å². The summed E-state index contributed by atoms with van der Waals surface area (Å²) >= 11 is 0. The number of piperidine rings is 1. The first kappa shape index (κ1) is 10.4. The Morgan fingerprint density at radius 1 is 1.21 bits per heavy atom. The maximum absolute atomic E-state index is 5.48. The molecule has 0 aromatic rings. The zero-order valence-corrected chi connectivity index (χ0v) is 9.73. The van der Waals surface area contributed by atoms with Crippen LogP contribution in [0.3, 0.4) is 0 Å². The molecule has 82 valence electrons. The smallest absolute Gasteiger partial charge is 0.0564 e. The Bertz CT molecular complexity index is 197. The van der Waals surface area contributed by atoms with Crippen LogP contribution < -0.4 is 5.32 Å². The molecule has 0 aliphatic carbocycles. The van der Waals surface area contributed by atoms with Crippen molar-refractivity contribution >= 4 is 0 Å². The number of ether oxygens (including phenoxy) is 1. The molecule has 0 spiro atoms. The Kier molecular flexibility index (Phi) is 2.61. The van der Waals surface area contributed by atoms with Crippen LogP contribution in [0.25, 0.3) is 0 Å². The predicted octanol–water partition coefficient (Wildman–Crippen LogP) is 2.19. The van der Waals surface area contributed by atoms with E-state index in [9.17, 15) is 0 Å². The van der Waals surface area contributed by atoms with Gasteiger partial charge in [-0.2, -0.15) is 0 Å². The lowest BCUT2D eigenvalue weighted by molar-refractivity contribution is -0.191. The van der Waals surface area contributed by atoms with Crippen molar-refractivity contribution in [2.24, 2.45) is 10.8 Å². The minimum absolute atomic E-state index is 0.361. The van der Waals surface area contributed by atoms with Gasteiger partial charge in [0.25, 0.3) is 0 Å². The molecule has 0 bridgehead atoms. The van der Waals surface area contributed by atoms with Gasteiger partial charge in [-0.15, -0.1) is 0 Å². The normalized spacial score (nSPS) is 32.4. The fraction of sp³-hybridized carbons (Fsp3) is 1.00. The van der Waals surface area contributed by atoms with Gasteiger partial charge in [-0.3, -0.25) is 0 Å². The van der Waals surface area contributed by atoms with Crippen LogP contribution in [-0.2, 0) is 4.74 Å². The Morgan fingerprint density at radius 2 is 1.93 bits per heavy atom. The molecule has 0 amide bonds. The molecule has 2 heteroatoms. The first-order valence-electron chi connectivity index (χ1n) is 5.87. The highest BCUT2D eigenvalue weighted by Gasteiger charge is 2.53. The second-order valence-corrected chi connectivity index (χ2v) is 5.90. The summed E-state index contributed by atoms with van der Waals surface area (Å²) in [4.78, 5) is 0. The molecule has 0 radical (unpaired) electrons. The van der Waals surface area contributed by atoms with Crippen LogP contribution in [0.1, 0.15) is 40.0 Å². The van der Waals surface area contributed by atoms with E-state index in [1.165, 1.54) is 25.8 Å². The Hall–Kier alpha value is -0.0800. The Morgan fingerprint density at radius 3 is 2.29 bits per heavy atom. The van der Waals surface area contributed by atoms with E-state index in [1.54, 1.807) is 0 Å². The molecule has 2 aliphatic heterocycles. The van der Waals surface area contributed by atoms with E-state index in [0.717, 1.165) is 13.2 Å². The third-order valence-electron chi connectivity index (χ3n) is 4.19. The standard InChI is InChI=1S/C12H23NO/c1-11(2,3)12(8-14-9-12)10-6-4-5-7-13-10/h10,13H,4-9H2,1-3H3. The molecule has 1 atom stereocenters. The molecule has 2 nitrogen and oxygen atoms in total. The van der Waals surface area contributed by atoms with Crippen molar-refractivity contribution in [2.75, 3.05) is 19.8 Å². The number of rotatable bonds is 1. The molecule has 1 unspecified atom stereocenters. The fourth-order valence-electron chi connectivity index (χ4n) is 2.80. The van der Waals surface area contributed by atoms with Crippen molar-refractivity contribution < 1.29 is 4.74 Å². The van der Waals surface area contributed by atoms with Gasteiger partial charge in [-0.05, 0) is 24.8 Å². The molecule has 14 heavy (non-hydrogen) atoms. The first-order chi connectivity index (χ1) is 6.56. The van der Waals surface area contributed by atoms with Crippen molar-refractivity contribution in [1.29, 1.82) is 0 Å². The molecule has 0 aromatic heterocycles. The van der Waals surface area contributed by atoms with Gasteiger partial charge in [-0.25, -0.2) is 0 Å². The summed E-state index contributed by atoms with van der Waals surface area (Å²) in [7, 11) is 0. The topological polar surface area (TPSA) is 21.3 Å².